The second-order valence-electron chi connectivity index (χ2n) is 4.64. The van der Waals surface area contributed by atoms with Crippen molar-refractivity contribution in [2.75, 3.05) is 6.61 Å². The lowest BCUT2D eigenvalue weighted by Gasteiger charge is -2.10. The first-order valence-electron chi connectivity index (χ1n) is 6.71. The molecule has 3 N–H and O–H groups in total. The molecule has 0 aliphatic rings. The highest BCUT2D eigenvalue weighted by Gasteiger charge is 2.13. The topological polar surface area (TPSA) is 87.4 Å². The summed E-state index contributed by atoms with van der Waals surface area (Å²) in [6.45, 7) is 6.15. The van der Waals surface area contributed by atoms with Gasteiger partial charge in [0.25, 0.3) is 0 Å². The second kappa shape index (κ2) is 7.78. The van der Waals surface area contributed by atoms with Gasteiger partial charge >= 0.3 is 6.03 Å². The van der Waals surface area contributed by atoms with E-state index in [1.807, 2.05) is 6.07 Å². The molecule has 108 valence electrons. The van der Waals surface area contributed by atoms with Crippen molar-refractivity contribution >= 4 is 6.03 Å². The standard InChI is InChI=1S/C13H23N3O3/c1-4-10(5-2)12-6-11(19-16-12)7-14-13(18)15-9(3)8-17/h6,9-10,17H,4-5,7-8H2,1-3H3,(H2,14,15,18)/t9-/m0/s1. The van der Waals surface area contributed by atoms with Gasteiger partial charge in [0.2, 0.25) is 0 Å². The Morgan fingerprint density at radius 2 is 2.16 bits per heavy atom. The van der Waals surface area contributed by atoms with Gasteiger partial charge in [-0.1, -0.05) is 19.0 Å². The first kappa shape index (κ1) is 15.5. The molecule has 0 saturated carbocycles. The normalized spacial score (nSPS) is 12.5. The van der Waals surface area contributed by atoms with Crippen LogP contribution in [0.1, 0.15) is 51.0 Å². The Bertz CT molecular complexity index is 388. The number of rotatable bonds is 7. The molecular weight excluding hydrogens is 246 g/mol. The molecular formula is C13H23N3O3. The third kappa shape index (κ3) is 4.90. The Kier molecular flexibility index (Phi) is 6.35. The van der Waals surface area contributed by atoms with E-state index >= 15 is 0 Å². The fraction of sp³-hybridized carbons (Fsp3) is 0.692. The van der Waals surface area contributed by atoms with Crippen LogP contribution in [0.25, 0.3) is 0 Å². The summed E-state index contributed by atoms with van der Waals surface area (Å²) in [7, 11) is 0. The number of amides is 2. The van der Waals surface area contributed by atoms with Crippen LogP contribution >= 0.6 is 0 Å². The zero-order valence-corrected chi connectivity index (χ0v) is 11.8. The van der Waals surface area contributed by atoms with Crippen LogP contribution < -0.4 is 10.6 Å². The Labute approximate surface area is 113 Å². The van der Waals surface area contributed by atoms with Crippen molar-refractivity contribution in [3.63, 3.8) is 0 Å². The maximum atomic E-state index is 11.4. The molecule has 0 bridgehead atoms. The number of carbonyl (C=O) groups is 1. The van der Waals surface area contributed by atoms with E-state index < -0.39 is 0 Å². The molecule has 1 heterocycles. The Balaban J connectivity index is 2.44. The SMILES string of the molecule is CCC(CC)c1cc(CNC(=O)N[C@@H](C)CO)on1. The molecule has 0 aliphatic heterocycles. The fourth-order valence-corrected chi connectivity index (χ4v) is 1.80. The summed E-state index contributed by atoms with van der Waals surface area (Å²) in [4.78, 5) is 11.4. The molecule has 0 aliphatic carbocycles. The highest BCUT2D eigenvalue weighted by molar-refractivity contribution is 5.74. The highest BCUT2D eigenvalue weighted by atomic mass is 16.5. The third-order valence-electron chi connectivity index (χ3n) is 3.06. The van der Waals surface area contributed by atoms with E-state index in [0.29, 0.717) is 11.7 Å². The van der Waals surface area contributed by atoms with Crippen molar-refractivity contribution in [2.24, 2.45) is 0 Å². The van der Waals surface area contributed by atoms with Crippen molar-refractivity contribution in [1.82, 2.24) is 15.8 Å². The van der Waals surface area contributed by atoms with E-state index in [4.69, 9.17) is 9.63 Å². The van der Waals surface area contributed by atoms with Gasteiger partial charge in [-0.25, -0.2) is 4.79 Å². The maximum Gasteiger partial charge on any atom is 0.315 e. The molecule has 0 radical (unpaired) electrons. The minimum atomic E-state index is -0.331. The van der Waals surface area contributed by atoms with Gasteiger partial charge in [0.1, 0.15) is 0 Å². The second-order valence-corrected chi connectivity index (χ2v) is 4.64. The number of carbonyl (C=O) groups excluding carboxylic acids is 1. The zero-order valence-electron chi connectivity index (χ0n) is 11.8. The summed E-state index contributed by atoms with van der Waals surface area (Å²) in [5, 5.41) is 18.1. The Morgan fingerprint density at radius 3 is 2.74 bits per heavy atom. The fourth-order valence-electron chi connectivity index (χ4n) is 1.80. The number of aliphatic hydroxyl groups excluding tert-OH is 1. The van der Waals surface area contributed by atoms with Crippen LogP contribution in [0.5, 0.6) is 0 Å². The van der Waals surface area contributed by atoms with Gasteiger partial charge < -0.3 is 20.3 Å². The number of nitrogens with one attached hydrogen (secondary N) is 2. The molecule has 1 aromatic rings. The largest absolute Gasteiger partial charge is 0.394 e. The molecule has 6 nitrogen and oxygen atoms in total. The molecule has 0 unspecified atom stereocenters. The van der Waals surface area contributed by atoms with Crippen molar-refractivity contribution < 1.29 is 14.4 Å². The molecule has 0 aromatic carbocycles. The molecule has 6 heteroatoms. The summed E-state index contributed by atoms with van der Waals surface area (Å²) in [6, 6.07) is 1.28. The van der Waals surface area contributed by atoms with Crippen LogP contribution in [0.2, 0.25) is 0 Å². The quantitative estimate of drug-likeness (QED) is 0.704. The number of hydrogen-bond acceptors (Lipinski definition) is 4. The smallest absolute Gasteiger partial charge is 0.315 e. The van der Waals surface area contributed by atoms with Crippen molar-refractivity contribution in [1.29, 1.82) is 0 Å². The maximum absolute atomic E-state index is 11.4. The van der Waals surface area contributed by atoms with Crippen LogP contribution in [-0.4, -0.2) is 28.9 Å². The van der Waals surface area contributed by atoms with Gasteiger partial charge in [-0.15, -0.1) is 0 Å². The predicted molar refractivity (Wildman–Crippen MR) is 71.7 cm³/mol. The van der Waals surface area contributed by atoms with E-state index in [-0.39, 0.29) is 25.2 Å². The number of aromatic nitrogens is 1. The third-order valence-corrected chi connectivity index (χ3v) is 3.06. The van der Waals surface area contributed by atoms with E-state index in [0.717, 1.165) is 18.5 Å². The van der Waals surface area contributed by atoms with Gasteiger partial charge in [-0.05, 0) is 19.8 Å². The van der Waals surface area contributed by atoms with Gasteiger partial charge in [0.15, 0.2) is 5.76 Å². The Hall–Kier alpha value is -1.56. The van der Waals surface area contributed by atoms with Gasteiger partial charge in [-0.2, -0.15) is 0 Å². The van der Waals surface area contributed by atoms with Crippen LogP contribution in [0.3, 0.4) is 0 Å². The lowest BCUT2D eigenvalue weighted by atomic mass is 9.99. The molecule has 2 amide bonds. The molecule has 1 aromatic heterocycles. The molecule has 1 atom stereocenters. The molecule has 1 rings (SSSR count). The average Bonchev–Trinajstić information content (AvgIpc) is 2.86. The van der Waals surface area contributed by atoms with Crippen LogP contribution in [0.4, 0.5) is 4.79 Å². The summed E-state index contributed by atoms with van der Waals surface area (Å²) in [5.41, 5.74) is 0.936. The minimum Gasteiger partial charge on any atom is -0.394 e. The summed E-state index contributed by atoms with van der Waals surface area (Å²) >= 11 is 0. The number of aliphatic hydroxyl groups is 1. The first-order chi connectivity index (χ1) is 9.10. The highest BCUT2D eigenvalue weighted by Crippen LogP contribution is 2.22. The Morgan fingerprint density at radius 1 is 1.47 bits per heavy atom. The summed E-state index contributed by atoms with van der Waals surface area (Å²) in [5.74, 6) is 1.04. The van der Waals surface area contributed by atoms with E-state index in [9.17, 15) is 4.79 Å². The van der Waals surface area contributed by atoms with Crippen molar-refractivity contribution in [3.05, 3.63) is 17.5 Å². The molecule has 0 spiro atoms. The number of urea groups is 1. The van der Waals surface area contributed by atoms with Gasteiger partial charge in [-0.3, -0.25) is 0 Å². The van der Waals surface area contributed by atoms with Crippen LogP contribution in [0.15, 0.2) is 10.6 Å². The predicted octanol–water partition coefficient (Wildman–Crippen LogP) is 1.76. The number of hydrogen-bond donors (Lipinski definition) is 3. The first-order valence-corrected chi connectivity index (χ1v) is 6.71. The average molecular weight is 269 g/mol. The van der Waals surface area contributed by atoms with Crippen molar-refractivity contribution in [3.8, 4) is 0 Å². The lowest BCUT2D eigenvalue weighted by molar-refractivity contribution is 0.219. The monoisotopic (exact) mass is 269 g/mol. The van der Waals surface area contributed by atoms with Gasteiger partial charge in [0.05, 0.1) is 24.9 Å². The lowest BCUT2D eigenvalue weighted by Crippen LogP contribution is -2.41. The van der Waals surface area contributed by atoms with E-state index in [1.54, 1.807) is 6.92 Å². The van der Waals surface area contributed by atoms with E-state index in [2.05, 4.69) is 29.6 Å². The minimum absolute atomic E-state index is 0.0887. The van der Waals surface area contributed by atoms with Crippen LogP contribution in [0, 0.1) is 0 Å². The molecule has 19 heavy (non-hydrogen) atoms. The van der Waals surface area contributed by atoms with E-state index in [1.165, 1.54) is 0 Å². The molecule has 0 saturated heterocycles. The number of nitrogens with zero attached hydrogens (tertiary/aromatic N) is 1. The van der Waals surface area contributed by atoms with Crippen molar-refractivity contribution in [2.45, 2.75) is 52.1 Å². The summed E-state index contributed by atoms with van der Waals surface area (Å²) < 4.78 is 5.19. The van der Waals surface area contributed by atoms with Gasteiger partial charge in [0, 0.05) is 12.0 Å². The molecule has 0 fully saturated rings. The zero-order chi connectivity index (χ0) is 14.3. The summed E-state index contributed by atoms with van der Waals surface area (Å²) in [6.07, 6.45) is 2.04. The van der Waals surface area contributed by atoms with Crippen LogP contribution in [-0.2, 0) is 6.54 Å².